The predicted molar refractivity (Wildman–Crippen MR) is 104 cm³/mol. The second-order valence-corrected chi connectivity index (χ2v) is 7.36. The molecule has 1 atom stereocenters. The van der Waals surface area contributed by atoms with Crippen LogP contribution in [0.5, 0.6) is 0 Å². The van der Waals surface area contributed by atoms with Gasteiger partial charge in [0.2, 0.25) is 0 Å². The van der Waals surface area contributed by atoms with Crippen LogP contribution in [0.1, 0.15) is 67.7 Å². The molecule has 0 aromatic heterocycles. The van der Waals surface area contributed by atoms with Crippen LogP contribution in [0, 0.1) is 5.92 Å². The number of carbonyl (C=O) groups is 4. The first-order chi connectivity index (χ1) is 13.3. The van der Waals surface area contributed by atoms with E-state index in [1.54, 1.807) is 24.3 Å². The summed E-state index contributed by atoms with van der Waals surface area (Å²) in [6.07, 6.45) is 1.82. The highest BCUT2D eigenvalue weighted by Gasteiger charge is 2.43. The maximum Gasteiger partial charge on any atom is 0.329 e. The minimum absolute atomic E-state index is 0.0221. The fourth-order valence-electron chi connectivity index (χ4n) is 3.24. The first-order valence-electron chi connectivity index (χ1n) is 9.72. The topological polar surface area (TPSA) is 92.8 Å². The Morgan fingerprint density at radius 1 is 1.04 bits per heavy atom. The zero-order chi connectivity index (χ0) is 20.8. The summed E-state index contributed by atoms with van der Waals surface area (Å²) in [7, 11) is 0. The Labute approximate surface area is 165 Å². The molecule has 7 heteroatoms. The van der Waals surface area contributed by atoms with Gasteiger partial charge in [-0.1, -0.05) is 39.8 Å². The maximum atomic E-state index is 12.7. The van der Waals surface area contributed by atoms with Gasteiger partial charge in [-0.2, -0.15) is 0 Å². The number of nitrogens with one attached hydrogen (secondary N) is 1. The van der Waals surface area contributed by atoms with Crippen LogP contribution in [0.15, 0.2) is 24.3 Å². The summed E-state index contributed by atoms with van der Waals surface area (Å²) in [4.78, 5) is 51.1. The van der Waals surface area contributed by atoms with E-state index in [9.17, 15) is 19.2 Å². The Kier molecular flexibility index (Phi) is 7.31. The summed E-state index contributed by atoms with van der Waals surface area (Å²) in [5.41, 5.74) is 0.557. The molecule has 3 amide bonds. The van der Waals surface area contributed by atoms with E-state index in [4.69, 9.17) is 4.74 Å². The average molecular weight is 388 g/mol. The molecule has 28 heavy (non-hydrogen) atoms. The second kappa shape index (κ2) is 9.48. The molecule has 1 aliphatic rings. The molecule has 0 aliphatic carbocycles. The van der Waals surface area contributed by atoms with Crippen molar-refractivity contribution in [2.75, 3.05) is 6.61 Å². The highest BCUT2D eigenvalue weighted by atomic mass is 16.5. The van der Waals surface area contributed by atoms with Crippen LogP contribution in [-0.4, -0.2) is 47.3 Å². The number of fused-ring (bicyclic) bond motifs is 1. The van der Waals surface area contributed by atoms with Crippen LogP contribution < -0.4 is 5.32 Å². The Balaban J connectivity index is 2.12. The van der Waals surface area contributed by atoms with Gasteiger partial charge in [0, 0.05) is 6.04 Å². The minimum atomic E-state index is -1.06. The van der Waals surface area contributed by atoms with Crippen molar-refractivity contribution in [3.8, 4) is 0 Å². The summed E-state index contributed by atoms with van der Waals surface area (Å²) >= 11 is 0. The zero-order valence-corrected chi connectivity index (χ0v) is 16.9. The third-order valence-electron chi connectivity index (χ3n) is 4.80. The van der Waals surface area contributed by atoms with Gasteiger partial charge >= 0.3 is 5.97 Å². The number of ether oxygens (including phenoxy) is 1. The summed E-state index contributed by atoms with van der Waals surface area (Å²) in [6, 6.07) is 5.44. The predicted octanol–water partition coefficient (Wildman–Crippen LogP) is 2.55. The van der Waals surface area contributed by atoms with Crippen LogP contribution in [0.4, 0.5) is 0 Å². The molecule has 1 heterocycles. The van der Waals surface area contributed by atoms with Crippen LogP contribution in [0.25, 0.3) is 0 Å². The molecule has 1 N–H and O–H groups in total. The van der Waals surface area contributed by atoms with E-state index < -0.39 is 36.3 Å². The SMILES string of the molecule is CCC(CC)NC(=O)COC(=O)C(CC(C)C)N1C(=O)c2ccccc2C1=O. The first-order valence-corrected chi connectivity index (χ1v) is 9.72. The normalized spacial score (nSPS) is 14.4. The summed E-state index contributed by atoms with van der Waals surface area (Å²) < 4.78 is 5.17. The van der Waals surface area contributed by atoms with Crippen LogP contribution in [-0.2, 0) is 14.3 Å². The number of esters is 1. The van der Waals surface area contributed by atoms with Gasteiger partial charge < -0.3 is 10.1 Å². The van der Waals surface area contributed by atoms with Crippen molar-refractivity contribution < 1.29 is 23.9 Å². The number of hydrogen-bond donors (Lipinski definition) is 1. The van der Waals surface area contributed by atoms with Crippen LogP contribution in [0.3, 0.4) is 0 Å². The molecule has 0 saturated heterocycles. The molecular weight excluding hydrogens is 360 g/mol. The number of rotatable bonds is 9. The van der Waals surface area contributed by atoms with E-state index in [1.165, 1.54) is 0 Å². The third-order valence-corrected chi connectivity index (χ3v) is 4.80. The van der Waals surface area contributed by atoms with Gasteiger partial charge in [-0.15, -0.1) is 0 Å². The van der Waals surface area contributed by atoms with Gasteiger partial charge in [0.15, 0.2) is 6.61 Å². The molecule has 2 rings (SSSR count). The van der Waals surface area contributed by atoms with Gasteiger partial charge in [0.1, 0.15) is 6.04 Å². The Morgan fingerprint density at radius 2 is 1.57 bits per heavy atom. The molecular formula is C21H28N2O5. The van der Waals surface area contributed by atoms with E-state index in [-0.39, 0.29) is 29.5 Å². The molecule has 152 valence electrons. The van der Waals surface area contributed by atoms with Crippen LogP contribution >= 0.6 is 0 Å². The van der Waals surface area contributed by atoms with Crippen molar-refractivity contribution >= 4 is 23.7 Å². The highest BCUT2D eigenvalue weighted by molar-refractivity contribution is 6.22. The van der Waals surface area contributed by atoms with Crippen molar-refractivity contribution in [1.82, 2.24) is 10.2 Å². The molecule has 1 aliphatic heterocycles. The molecule has 0 radical (unpaired) electrons. The Morgan fingerprint density at radius 3 is 2.04 bits per heavy atom. The van der Waals surface area contributed by atoms with Gasteiger partial charge in [0.05, 0.1) is 11.1 Å². The Bertz CT molecular complexity index is 720. The Hall–Kier alpha value is -2.70. The van der Waals surface area contributed by atoms with E-state index in [0.717, 1.165) is 17.7 Å². The lowest BCUT2D eigenvalue weighted by atomic mass is 10.0. The van der Waals surface area contributed by atoms with E-state index in [2.05, 4.69) is 5.32 Å². The maximum absolute atomic E-state index is 12.7. The first kappa shape index (κ1) is 21.6. The molecule has 1 aromatic carbocycles. The van der Waals surface area contributed by atoms with E-state index in [0.29, 0.717) is 0 Å². The molecule has 0 saturated carbocycles. The van der Waals surface area contributed by atoms with Gasteiger partial charge in [-0.05, 0) is 37.3 Å². The smallest absolute Gasteiger partial charge is 0.329 e. The molecule has 0 bridgehead atoms. The zero-order valence-electron chi connectivity index (χ0n) is 16.9. The lowest BCUT2D eigenvalue weighted by Crippen LogP contribution is -2.47. The van der Waals surface area contributed by atoms with Crippen molar-refractivity contribution in [2.45, 2.75) is 59.0 Å². The number of carbonyl (C=O) groups excluding carboxylic acids is 4. The van der Waals surface area contributed by atoms with Gasteiger partial charge in [0.25, 0.3) is 17.7 Å². The lowest BCUT2D eigenvalue weighted by Gasteiger charge is -2.26. The number of imide groups is 1. The third kappa shape index (κ3) is 4.77. The second-order valence-electron chi connectivity index (χ2n) is 7.36. The average Bonchev–Trinajstić information content (AvgIpc) is 2.93. The standard InChI is InChI=1S/C21H28N2O5/c1-5-14(6-2)22-18(24)12-28-21(27)17(11-13(3)4)23-19(25)15-9-7-8-10-16(15)20(23)26/h7-10,13-14,17H,5-6,11-12H2,1-4H3,(H,22,24). The van der Waals surface area contributed by atoms with Crippen molar-refractivity contribution in [3.63, 3.8) is 0 Å². The van der Waals surface area contributed by atoms with E-state index in [1.807, 2.05) is 27.7 Å². The molecule has 7 nitrogen and oxygen atoms in total. The van der Waals surface area contributed by atoms with Crippen molar-refractivity contribution in [2.24, 2.45) is 5.92 Å². The summed E-state index contributed by atoms with van der Waals surface area (Å²) in [5.74, 6) is -2.12. The largest absolute Gasteiger partial charge is 0.454 e. The molecule has 1 unspecified atom stereocenters. The monoisotopic (exact) mass is 388 g/mol. The number of nitrogens with zero attached hydrogens (tertiary/aromatic N) is 1. The lowest BCUT2D eigenvalue weighted by molar-refractivity contribution is -0.153. The molecule has 0 fully saturated rings. The number of benzene rings is 1. The van der Waals surface area contributed by atoms with Crippen molar-refractivity contribution in [3.05, 3.63) is 35.4 Å². The molecule has 1 aromatic rings. The van der Waals surface area contributed by atoms with Gasteiger partial charge in [-0.25, -0.2) is 4.79 Å². The fraction of sp³-hybridized carbons (Fsp3) is 0.524. The number of amides is 3. The van der Waals surface area contributed by atoms with Crippen molar-refractivity contribution in [1.29, 1.82) is 0 Å². The summed E-state index contributed by atoms with van der Waals surface area (Å²) in [5, 5.41) is 2.79. The van der Waals surface area contributed by atoms with Gasteiger partial charge in [-0.3, -0.25) is 19.3 Å². The van der Waals surface area contributed by atoms with E-state index >= 15 is 0 Å². The summed E-state index contributed by atoms with van der Waals surface area (Å²) in [6.45, 7) is 7.26. The molecule has 0 spiro atoms. The number of hydrogen-bond acceptors (Lipinski definition) is 5. The van der Waals surface area contributed by atoms with Crippen LogP contribution in [0.2, 0.25) is 0 Å². The highest BCUT2D eigenvalue weighted by Crippen LogP contribution is 2.27. The quantitative estimate of drug-likeness (QED) is 0.518. The minimum Gasteiger partial charge on any atom is -0.454 e. The fourth-order valence-corrected chi connectivity index (χ4v) is 3.24.